The lowest BCUT2D eigenvalue weighted by molar-refractivity contribution is 0.419. The molecule has 9 rings (SSSR count). The molecule has 0 fully saturated rings. The van der Waals surface area contributed by atoms with Gasteiger partial charge in [0.05, 0.1) is 16.3 Å². The van der Waals surface area contributed by atoms with Gasteiger partial charge < -0.3 is 9.64 Å². The fraction of sp³-hybridized carbons (Fsp3) is 0.0667. The zero-order valence-electron chi connectivity index (χ0n) is 27.3. The Bertz CT molecular complexity index is 2330. The third-order valence-corrected chi connectivity index (χ3v) is 12.2. The topological polar surface area (TPSA) is 12.5 Å². The van der Waals surface area contributed by atoms with Gasteiger partial charge in [0.25, 0.3) is 0 Å². The highest BCUT2D eigenvalue weighted by Gasteiger charge is 2.37. The van der Waals surface area contributed by atoms with E-state index in [4.69, 9.17) is 4.74 Å². The van der Waals surface area contributed by atoms with Crippen LogP contribution in [0.25, 0.3) is 22.3 Å². The fourth-order valence-corrected chi connectivity index (χ4v) is 9.40. The van der Waals surface area contributed by atoms with E-state index in [1.54, 1.807) is 0 Å². The van der Waals surface area contributed by atoms with Crippen molar-refractivity contribution < 1.29 is 4.74 Å². The van der Waals surface area contributed by atoms with Gasteiger partial charge in [-0.05, 0) is 70.8 Å². The predicted octanol–water partition coefficient (Wildman–Crippen LogP) is 13.5. The van der Waals surface area contributed by atoms with E-state index in [0.717, 1.165) is 28.6 Å². The highest BCUT2D eigenvalue weighted by Crippen LogP contribution is 2.57. The summed E-state index contributed by atoms with van der Waals surface area (Å²) in [5.74, 6) is 1.81. The highest BCUT2D eigenvalue weighted by molar-refractivity contribution is 8.05. The van der Waals surface area contributed by atoms with Crippen molar-refractivity contribution in [2.75, 3.05) is 4.90 Å². The number of anilines is 3. The highest BCUT2D eigenvalue weighted by atomic mass is 32.2. The van der Waals surface area contributed by atoms with E-state index >= 15 is 0 Å². The molecule has 0 saturated carbocycles. The Morgan fingerprint density at radius 2 is 0.980 bits per heavy atom. The van der Waals surface area contributed by atoms with E-state index in [0.29, 0.717) is 0 Å². The summed E-state index contributed by atoms with van der Waals surface area (Å²) in [5.41, 5.74) is 10.2. The van der Waals surface area contributed by atoms with Gasteiger partial charge in [0.2, 0.25) is 0 Å². The van der Waals surface area contributed by atoms with Gasteiger partial charge in [-0.15, -0.1) is 0 Å². The van der Waals surface area contributed by atoms with Crippen LogP contribution in [0.3, 0.4) is 0 Å². The maximum absolute atomic E-state index is 6.86. The molecule has 2 aliphatic rings. The molecule has 0 bridgehead atoms. The van der Waals surface area contributed by atoms with Crippen molar-refractivity contribution in [3.63, 3.8) is 0 Å². The molecule has 2 aliphatic heterocycles. The third kappa shape index (κ3) is 5.23. The van der Waals surface area contributed by atoms with E-state index in [1.165, 1.54) is 53.0 Å². The number of fused-ring (bicyclic) bond motifs is 4. The molecule has 7 aromatic carbocycles. The van der Waals surface area contributed by atoms with Crippen molar-refractivity contribution in [1.29, 1.82) is 0 Å². The first-order valence-electron chi connectivity index (χ1n) is 16.6. The van der Waals surface area contributed by atoms with Crippen LogP contribution in [-0.2, 0) is 5.41 Å². The second kappa shape index (κ2) is 12.1. The Hall–Kier alpha value is -5.16. The fourth-order valence-electron chi connectivity index (χ4n) is 7.03. The lowest BCUT2D eigenvalue weighted by Crippen LogP contribution is -2.25. The molecule has 4 heteroatoms. The molecule has 0 aliphatic carbocycles. The molecule has 236 valence electrons. The van der Waals surface area contributed by atoms with Gasteiger partial charge in [-0.25, -0.2) is 0 Å². The summed E-state index contributed by atoms with van der Waals surface area (Å²) in [5, 5.41) is 0. The molecule has 0 aromatic heterocycles. The third-order valence-electron chi connectivity index (χ3n) is 9.61. The average Bonchev–Trinajstić information content (AvgIpc) is 3.15. The van der Waals surface area contributed by atoms with Crippen LogP contribution in [0.2, 0.25) is 0 Å². The van der Waals surface area contributed by atoms with Crippen LogP contribution in [0, 0.1) is 0 Å². The zero-order chi connectivity index (χ0) is 33.0. The first kappa shape index (κ1) is 29.9. The summed E-state index contributed by atoms with van der Waals surface area (Å²) in [4.78, 5) is 7.48. The van der Waals surface area contributed by atoms with Gasteiger partial charge in [-0.2, -0.15) is 0 Å². The van der Waals surface area contributed by atoms with Crippen LogP contribution in [0.1, 0.15) is 25.0 Å². The molecule has 2 heterocycles. The maximum atomic E-state index is 6.86. The zero-order valence-corrected chi connectivity index (χ0v) is 28.9. The van der Waals surface area contributed by atoms with E-state index in [2.05, 4.69) is 183 Å². The van der Waals surface area contributed by atoms with Crippen LogP contribution in [0.5, 0.6) is 11.5 Å². The molecule has 2 nitrogen and oxygen atoms in total. The summed E-state index contributed by atoms with van der Waals surface area (Å²) >= 11 is 3.69. The molecular formula is C45H33NOS2. The van der Waals surface area contributed by atoms with E-state index in [-0.39, 0.29) is 5.41 Å². The molecule has 0 amide bonds. The van der Waals surface area contributed by atoms with Gasteiger partial charge in [-0.3, -0.25) is 0 Å². The van der Waals surface area contributed by atoms with Crippen LogP contribution in [0.4, 0.5) is 17.1 Å². The monoisotopic (exact) mass is 667 g/mol. The number of rotatable bonds is 5. The lowest BCUT2D eigenvalue weighted by atomic mass is 9.75. The smallest absolute Gasteiger partial charge is 0.155 e. The van der Waals surface area contributed by atoms with Crippen molar-refractivity contribution in [1.82, 2.24) is 0 Å². The minimum Gasteiger partial charge on any atom is -0.455 e. The molecular weight excluding hydrogens is 635 g/mol. The van der Waals surface area contributed by atoms with Crippen molar-refractivity contribution >= 4 is 40.6 Å². The molecule has 0 N–H and O–H groups in total. The first-order valence-corrected chi connectivity index (χ1v) is 18.2. The van der Waals surface area contributed by atoms with Gasteiger partial charge in [0.1, 0.15) is 5.75 Å². The first-order chi connectivity index (χ1) is 24.0. The summed E-state index contributed by atoms with van der Waals surface area (Å²) in [7, 11) is 0. The van der Waals surface area contributed by atoms with Gasteiger partial charge in [0.15, 0.2) is 5.75 Å². The van der Waals surface area contributed by atoms with Crippen LogP contribution < -0.4 is 9.64 Å². The summed E-state index contributed by atoms with van der Waals surface area (Å²) < 4.78 is 6.86. The van der Waals surface area contributed by atoms with Crippen molar-refractivity contribution in [2.45, 2.75) is 38.8 Å². The molecule has 0 atom stereocenters. The molecule has 0 radical (unpaired) electrons. The second-order valence-corrected chi connectivity index (χ2v) is 15.1. The lowest BCUT2D eigenvalue weighted by Gasteiger charge is -2.38. The summed E-state index contributed by atoms with van der Waals surface area (Å²) in [6.07, 6.45) is 0. The average molecular weight is 668 g/mol. The molecule has 49 heavy (non-hydrogen) atoms. The Morgan fingerprint density at radius 1 is 0.449 bits per heavy atom. The number of benzene rings is 7. The second-order valence-electron chi connectivity index (χ2n) is 13.0. The van der Waals surface area contributed by atoms with Gasteiger partial charge in [0, 0.05) is 36.9 Å². The minimum absolute atomic E-state index is 0.221. The molecule has 0 spiro atoms. The number of hydrogen-bond acceptors (Lipinski definition) is 4. The van der Waals surface area contributed by atoms with Crippen LogP contribution in [0.15, 0.2) is 183 Å². The molecule has 0 unspecified atom stereocenters. The molecule has 7 aromatic rings. The standard InChI is InChI=1S/C45H33NOS2/c1-45(2)35-14-6-7-18-39(35)47-43-36(45)15-10-16-37(43)46(38-17-11-21-42-44(38)49-41-20-9-8-19-40(41)48-42)34-28-26-33(27-29-34)32-24-22-31(23-25-32)30-12-4-3-5-13-30/h3-29H,1-2H3. The van der Waals surface area contributed by atoms with Crippen LogP contribution in [-0.4, -0.2) is 0 Å². The van der Waals surface area contributed by atoms with Crippen molar-refractivity contribution in [3.05, 3.63) is 175 Å². The van der Waals surface area contributed by atoms with Crippen molar-refractivity contribution in [3.8, 4) is 33.8 Å². The predicted molar refractivity (Wildman–Crippen MR) is 205 cm³/mol. The maximum Gasteiger partial charge on any atom is 0.155 e. The Labute approximate surface area is 296 Å². The minimum atomic E-state index is -0.221. The van der Waals surface area contributed by atoms with E-state index in [1.807, 2.05) is 23.5 Å². The van der Waals surface area contributed by atoms with Gasteiger partial charge >= 0.3 is 0 Å². The SMILES string of the molecule is CC1(C)c2ccccc2Oc2c(N(c3ccc(-c4ccc(-c5ccccc5)cc4)cc3)c3cccc4c3Sc3ccccc3S4)cccc21. The Kier molecular flexibility index (Phi) is 7.37. The summed E-state index contributed by atoms with van der Waals surface area (Å²) in [6, 6.07) is 58.8. The van der Waals surface area contributed by atoms with Crippen molar-refractivity contribution in [2.24, 2.45) is 0 Å². The number of ether oxygens (including phenoxy) is 1. The Morgan fingerprint density at radius 3 is 1.71 bits per heavy atom. The number of hydrogen-bond donors (Lipinski definition) is 0. The quantitative estimate of drug-likeness (QED) is 0.181. The largest absolute Gasteiger partial charge is 0.455 e. The van der Waals surface area contributed by atoms with Gasteiger partial charge in [-0.1, -0.05) is 153 Å². The normalized spacial score (nSPS) is 13.7. The Balaban J connectivity index is 1.17. The number of para-hydroxylation sites is 2. The summed E-state index contributed by atoms with van der Waals surface area (Å²) in [6.45, 7) is 4.60. The number of nitrogens with zero attached hydrogens (tertiary/aromatic N) is 1. The van der Waals surface area contributed by atoms with E-state index in [9.17, 15) is 0 Å². The van der Waals surface area contributed by atoms with E-state index < -0.39 is 0 Å². The van der Waals surface area contributed by atoms with Crippen LogP contribution >= 0.6 is 23.5 Å². The molecule has 0 saturated heterocycles.